The summed E-state index contributed by atoms with van der Waals surface area (Å²) in [5, 5.41) is 6.04. The molecule has 0 aliphatic carbocycles. The zero-order valence-corrected chi connectivity index (χ0v) is 40.2. The van der Waals surface area contributed by atoms with Crippen LogP contribution in [0.5, 0.6) is 0 Å². The van der Waals surface area contributed by atoms with Gasteiger partial charge in [-0.1, -0.05) is 110 Å². The van der Waals surface area contributed by atoms with Crippen molar-refractivity contribution in [3.05, 3.63) is 138 Å². The molecular formula is C52H70ClN3O3. The third-order valence-electron chi connectivity index (χ3n) is 10.8. The molecule has 0 aliphatic rings. The van der Waals surface area contributed by atoms with Gasteiger partial charge in [0.2, 0.25) is 0 Å². The van der Waals surface area contributed by atoms with E-state index in [-0.39, 0.29) is 49.5 Å². The maximum atomic E-state index is 12.8. The first-order chi connectivity index (χ1) is 26.7. The van der Waals surface area contributed by atoms with Crippen LogP contribution in [-0.2, 0) is 32.9 Å². The van der Waals surface area contributed by atoms with Crippen molar-refractivity contribution in [2.24, 2.45) is 0 Å². The first-order valence-electron chi connectivity index (χ1n) is 20.8. The van der Waals surface area contributed by atoms with Crippen molar-refractivity contribution in [2.45, 2.75) is 164 Å². The maximum Gasteiger partial charge on any atom is 0.259 e. The number of pyridine rings is 3. The second-order valence-corrected chi connectivity index (χ2v) is 22.5. The predicted octanol–water partition coefficient (Wildman–Crippen LogP) is 13.1. The van der Waals surface area contributed by atoms with Crippen molar-refractivity contribution in [1.82, 2.24) is 13.7 Å². The molecule has 6 nitrogen and oxygen atoms in total. The quantitative estimate of drug-likeness (QED) is 0.153. The summed E-state index contributed by atoms with van der Waals surface area (Å²) < 4.78 is 5.36. The van der Waals surface area contributed by atoms with Gasteiger partial charge in [-0.3, -0.25) is 14.4 Å². The van der Waals surface area contributed by atoms with Crippen LogP contribution in [0, 0.1) is 6.92 Å². The van der Waals surface area contributed by atoms with Gasteiger partial charge in [-0.05, 0) is 143 Å². The smallest absolute Gasteiger partial charge is 0.259 e. The van der Waals surface area contributed by atoms with Gasteiger partial charge in [0.05, 0.1) is 5.02 Å². The van der Waals surface area contributed by atoms with Gasteiger partial charge in [0.15, 0.2) is 0 Å². The SMILES string of the molecule is CC(C)(C)c1cccc2c(=O)n(C(C)(C)C)cc(Cl)c12.CC(C)(C)c1cccc2c(=O)n(C(C)(C)C)ccc12.Cc1cn(C(C)(C)C)c(=O)c2cccc(C(C)(C)C)c12. The van der Waals surface area contributed by atoms with Crippen molar-refractivity contribution in [3.8, 4) is 0 Å². The molecule has 59 heavy (non-hydrogen) atoms. The third kappa shape index (κ3) is 10.1. The van der Waals surface area contributed by atoms with Gasteiger partial charge in [-0.25, -0.2) is 0 Å². The second-order valence-electron chi connectivity index (χ2n) is 22.1. The number of benzene rings is 3. The summed E-state index contributed by atoms with van der Waals surface area (Å²) in [6.45, 7) is 39.9. The predicted molar refractivity (Wildman–Crippen MR) is 255 cm³/mol. The molecule has 0 amide bonds. The molecule has 0 spiro atoms. The molecule has 3 aromatic heterocycles. The van der Waals surface area contributed by atoms with Crippen molar-refractivity contribution in [3.63, 3.8) is 0 Å². The Kier molecular flexibility index (Phi) is 13.0. The molecule has 6 rings (SSSR count). The molecule has 0 saturated heterocycles. The lowest BCUT2D eigenvalue weighted by atomic mass is 9.83. The summed E-state index contributed by atoms with van der Waals surface area (Å²) in [5.74, 6) is 0. The summed E-state index contributed by atoms with van der Waals surface area (Å²) in [6.07, 6.45) is 5.68. The summed E-state index contributed by atoms with van der Waals surface area (Å²) in [6, 6.07) is 20.0. The highest BCUT2D eigenvalue weighted by atomic mass is 35.5. The monoisotopic (exact) mass is 820 g/mol. The lowest BCUT2D eigenvalue weighted by Crippen LogP contribution is -2.34. The normalized spacial score (nSPS) is 12.9. The Morgan fingerprint density at radius 2 is 0.763 bits per heavy atom. The third-order valence-corrected chi connectivity index (χ3v) is 11.1. The Labute approximate surface area is 358 Å². The molecule has 0 radical (unpaired) electrons. The second kappa shape index (κ2) is 16.2. The van der Waals surface area contributed by atoms with Crippen LogP contribution < -0.4 is 16.7 Å². The van der Waals surface area contributed by atoms with Crippen molar-refractivity contribution in [1.29, 1.82) is 0 Å². The van der Waals surface area contributed by atoms with E-state index in [1.54, 1.807) is 10.8 Å². The van der Waals surface area contributed by atoms with Crippen LogP contribution in [0.1, 0.15) is 147 Å². The van der Waals surface area contributed by atoms with E-state index in [1.807, 2.05) is 99.5 Å². The molecule has 318 valence electrons. The Morgan fingerprint density at radius 3 is 1.19 bits per heavy atom. The number of aromatic nitrogens is 3. The molecule has 3 aromatic carbocycles. The summed E-state index contributed by atoms with van der Waals surface area (Å²) >= 11 is 6.49. The fourth-order valence-electron chi connectivity index (χ4n) is 7.66. The van der Waals surface area contributed by atoms with Gasteiger partial charge in [0, 0.05) is 56.8 Å². The van der Waals surface area contributed by atoms with E-state index in [0.29, 0.717) is 10.4 Å². The number of aryl methyl sites for hydroxylation is 1. The van der Waals surface area contributed by atoms with Crippen LogP contribution in [0.3, 0.4) is 0 Å². The lowest BCUT2D eigenvalue weighted by Gasteiger charge is -2.26. The molecular weight excluding hydrogens is 750 g/mol. The van der Waals surface area contributed by atoms with Crippen molar-refractivity contribution < 1.29 is 0 Å². The molecule has 0 aliphatic heterocycles. The maximum absolute atomic E-state index is 12.8. The fraction of sp³-hybridized carbons (Fsp3) is 0.481. The summed E-state index contributed by atoms with van der Waals surface area (Å²) in [4.78, 5) is 38.1. The molecule has 0 atom stereocenters. The van der Waals surface area contributed by atoms with Crippen LogP contribution >= 0.6 is 11.6 Å². The zero-order valence-electron chi connectivity index (χ0n) is 39.4. The highest BCUT2D eigenvalue weighted by Gasteiger charge is 2.25. The number of halogens is 1. The van der Waals surface area contributed by atoms with Gasteiger partial charge in [0.25, 0.3) is 16.7 Å². The fourth-order valence-corrected chi connectivity index (χ4v) is 7.96. The van der Waals surface area contributed by atoms with Crippen LogP contribution in [0.25, 0.3) is 32.3 Å². The molecule has 0 N–H and O–H groups in total. The van der Waals surface area contributed by atoms with Crippen LogP contribution in [0.2, 0.25) is 5.02 Å². The molecule has 0 saturated carbocycles. The van der Waals surface area contributed by atoms with Crippen LogP contribution in [0.4, 0.5) is 0 Å². The average Bonchev–Trinajstić information content (AvgIpc) is 3.08. The molecule has 0 unspecified atom stereocenters. The van der Waals surface area contributed by atoms with Gasteiger partial charge >= 0.3 is 0 Å². The molecule has 0 bridgehead atoms. The Balaban J connectivity index is 0.000000196. The first kappa shape index (κ1) is 47.3. The first-order valence-corrected chi connectivity index (χ1v) is 21.2. The minimum atomic E-state index is -0.285. The van der Waals surface area contributed by atoms with Gasteiger partial charge in [-0.15, -0.1) is 0 Å². The Bertz CT molecular complexity index is 2560. The van der Waals surface area contributed by atoms with Crippen LogP contribution in [-0.4, -0.2) is 13.7 Å². The van der Waals surface area contributed by atoms with Crippen LogP contribution in [0.15, 0.2) is 93.6 Å². The lowest BCUT2D eigenvalue weighted by molar-refractivity contribution is 0.385. The Morgan fingerprint density at radius 1 is 0.407 bits per heavy atom. The number of hydrogen-bond donors (Lipinski definition) is 0. The standard InChI is InChI=1S/C18H25NO.C17H22ClNO.C17H23NO/c1-12-11-19(18(5,6)7)16(20)13-9-8-10-14(15(12)13)17(2,3)4;1-16(2,3)12-9-7-8-11-14(12)13(18)10-19(15(11)20)17(4,5)6;1-16(2,3)14-9-7-8-13-12(14)10-11-18(15(13)19)17(4,5)6/h8-11H,1-7H3;7-10H,1-6H3;7-11H,1-6H3. The van der Waals surface area contributed by atoms with E-state index in [4.69, 9.17) is 11.6 Å². The van der Waals surface area contributed by atoms with E-state index in [0.717, 1.165) is 32.5 Å². The molecule has 6 aromatic rings. The zero-order chi connectivity index (χ0) is 45.0. The van der Waals surface area contributed by atoms with Gasteiger partial charge < -0.3 is 13.7 Å². The topological polar surface area (TPSA) is 66.0 Å². The number of rotatable bonds is 0. The largest absolute Gasteiger partial charge is 0.310 e. The number of hydrogen-bond acceptors (Lipinski definition) is 3. The highest BCUT2D eigenvalue weighted by molar-refractivity contribution is 6.35. The molecule has 7 heteroatoms. The Hall–Kier alpha value is -4.42. The molecule has 3 heterocycles. The highest BCUT2D eigenvalue weighted by Crippen LogP contribution is 2.35. The average molecular weight is 821 g/mol. The minimum absolute atomic E-state index is 0.0167. The van der Waals surface area contributed by atoms with Crippen molar-refractivity contribution >= 4 is 43.9 Å². The van der Waals surface area contributed by atoms with Crippen molar-refractivity contribution in [2.75, 3.05) is 0 Å². The van der Waals surface area contributed by atoms with E-state index in [1.165, 1.54) is 16.7 Å². The van der Waals surface area contributed by atoms with Gasteiger partial charge in [0.1, 0.15) is 0 Å². The number of fused-ring (bicyclic) bond motifs is 3. The summed E-state index contributed by atoms with van der Waals surface area (Å²) in [5.41, 5.74) is 4.30. The van der Waals surface area contributed by atoms with Gasteiger partial charge in [-0.2, -0.15) is 0 Å². The minimum Gasteiger partial charge on any atom is -0.310 e. The van der Waals surface area contributed by atoms with E-state index >= 15 is 0 Å². The van der Waals surface area contributed by atoms with E-state index in [2.05, 4.69) is 114 Å². The summed E-state index contributed by atoms with van der Waals surface area (Å²) in [7, 11) is 0. The molecule has 0 fully saturated rings. The number of nitrogens with zero attached hydrogens (tertiary/aromatic N) is 3. The van der Waals surface area contributed by atoms with E-state index in [9.17, 15) is 14.4 Å². The van der Waals surface area contributed by atoms with E-state index < -0.39 is 0 Å².